The van der Waals surface area contributed by atoms with Crippen LogP contribution >= 0.6 is 11.3 Å². The SMILES string of the molecule is CC(=O)Nc1ccc(C#CCNC(=O)c2sc(-n3cccc3)nc2C)cc1. The molecule has 3 rings (SSSR count). The van der Waals surface area contributed by atoms with Gasteiger partial charge < -0.3 is 15.2 Å². The van der Waals surface area contributed by atoms with Gasteiger partial charge in [0.1, 0.15) is 4.88 Å². The molecule has 2 heterocycles. The second-order valence-corrected chi connectivity index (χ2v) is 6.72. The van der Waals surface area contributed by atoms with E-state index >= 15 is 0 Å². The number of nitrogens with zero attached hydrogens (tertiary/aromatic N) is 2. The lowest BCUT2D eigenvalue weighted by Gasteiger charge is -2.01. The van der Waals surface area contributed by atoms with Gasteiger partial charge in [0.15, 0.2) is 5.13 Å². The third-order valence-electron chi connectivity index (χ3n) is 3.59. The molecule has 0 aliphatic heterocycles. The highest BCUT2D eigenvalue weighted by Gasteiger charge is 2.15. The Hall–Kier alpha value is -3.37. The van der Waals surface area contributed by atoms with Gasteiger partial charge in [-0.05, 0) is 43.3 Å². The van der Waals surface area contributed by atoms with E-state index in [-0.39, 0.29) is 18.4 Å². The van der Waals surface area contributed by atoms with Gasteiger partial charge in [0, 0.05) is 30.6 Å². The molecular weight excluding hydrogens is 360 g/mol. The van der Waals surface area contributed by atoms with Crippen molar-refractivity contribution in [2.45, 2.75) is 13.8 Å². The van der Waals surface area contributed by atoms with E-state index in [1.807, 2.05) is 48.1 Å². The minimum absolute atomic E-state index is 0.116. The fourth-order valence-electron chi connectivity index (χ4n) is 2.36. The molecule has 0 radical (unpaired) electrons. The minimum atomic E-state index is -0.182. The first-order valence-corrected chi connectivity index (χ1v) is 9.10. The molecule has 7 heteroatoms. The van der Waals surface area contributed by atoms with Crippen LogP contribution in [0.3, 0.4) is 0 Å². The molecule has 0 unspecified atom stereocenters. The molecule has 0 spiro atoms. The van der Waals surface area contributed by atoms with Crippen molar-refractivity contribution in [3.8, 4) is 17.0 Å². The Morgan fingerprint density at radius 1 is 1.19 bits per heavy atom. The van der Waals surface area contributed by atoms with Crippen molar-refractivity contribution in [1.29, 1.82) is 0 Å². The van der Waals surface area contributed by atoms with E-state index < -0.39 is 0 Å². The molecule has 0 atom stereocenters. The van der Waals surface area contributed by atoms with E-state index in [0.29, 0.717) is 10.6 Å². The maximum atomic E-state index is 12.3. The summed E-state index contributed by atoms with van der Waals surface area (Å²) in [4.78, 5) is 28.4. The van der Waals surface area contributed by atoms with Crippen LogP contribution in [0.25, 0.3) is 5.13 Å². The van der Waals surface area contributed by atoms with Gasteiger partial charge in [-0.3, -0.25) is 9.59 Å². The van der Waals surface area contributed by atoms with Crippen molar-refractivity contribution in [3.05, 3.63) is 64.9 Å². The molecule has 6 nitrogen and oxygen atoms in total. The molecule has 3 aromatic rings. The number of rotatable bonds is 4. The quantitative estimate of drug-likeness (QED) is 0.686. The highest BCUT2D eigenvalue weighted by atomic mass is 32.1. The van der Waals surface area contributed by atoms with E-state index in [9.17, 15) is 9.59 Å². The Kier molecular flexibility index (Phi) is 5.69. The second kappa shape index (κ2) is 8.34. The summed E-state index contributed by atoms with van der Waals surface area (Å²) in [6.45, 7) is 3.52. The van der Waals surface area contributed by atoms with E-state index in [1.165, 1.54) is 18.3 Å². The number of aromatic nitrogens is 2. The van der Waals surface area contributed by atoms with Crippen molar-refractivity contribution in [3.63, 3.8) is 0 Å². The molecule has 27 heavy (non-hydrogen) atoms. The van der Waals surface area contributed by atoms with Crippen LogP contribution in [0.2, 0.25) is 0 Å². The van der Waals surface area contributed by atoms with Crippen LogP contribution < -0.4 is 10.6 Å². The van der Waals surface area contributed by atoms with Crippen molar-refractivity contribution < 1.29 is 9.59 Å². The van der Waals surface area contributed by atoms with Gasteiger partial charge in [-0.25, -0.2) is 4.98 Å². The number of amides is 2. The Morgan fingerprint density at radius 2 is 1.89 bits per heavy atom. The van der Waals surface area contributed by atoms with E-state index in [0.717, 1.165) is 16.4 Å². The minimum Gasteiger partial charge on any atom is -0.340 e. The van der Waals surface area contributed by atoms with Gasteiger partial charge in [-0.15, -0.1) is 0 Å². The van der Waals surface area contributed by atoms with Crippen LogP contribution in [-0.4, -0.2) is 27.9 Å². The first-order valence-electron chi connectivity index (χ1n) is 8.28. The average molecular weight is 378 g/mol. The zero-order valence-electron chi connectivity index (χ0n) is 14.9. The van der Waals surface area contributed by atoms with Crippen LogP contribution in [0.1, 0.15) is 27.9 Å². The molecular formula is C20H18N4O2S. The Labute approximate surface area is 161 Å². The largest absolute Gasteiger partial charge is 0.340 e. The summed E-state index contributed by atoms with van der Waals surface area (Å²) in [5.74, 6) is 5.61. The fourth-order valence-corrected chi connectivity index (χ4v) is 3.31. The zero-order chi connectivity index (χ0) is 19.2. The lowest BCUT2D eigenvalue weighted by molar-refractivity contribution is -0.114. The second-order valence-electron chi connectivity index (χ2n) is 5.74. The maximum Gasteiger partial charge on any atom is 0.264 e. The fraction of sp³-hybridized carbons (Fsp3) is 0.150. The standard InChI is InChI=1S/C20H18N4O2S/c1-14-18(27-20(22-14)24-12-3-4-13-24)19(26)21-11-5-6-16-7-9-17(10-8-16)23-15(2)25/h3-4,7-10,12-13H,11H2,1-2H3,(H,21,26)(H,23,25). The first kappa shape index (κ1) is 18.4. The highest BCUT2D eigenvalue weighted by Crippen LogP contribution is 2.21. The van der Waals surface area contributed by atoms with Crippen LogP contribution in [0, 0.1) is 18.8 Å². The van der Waals surface area contributed by atoms with Crippen molar-refractivity contribution in [2.75, 3.05) is 11.9 Å². The maximum absolute atomic E-state index is 12.3. The molecule has 2 aromatic heterocycles. The van der Waals surface area contributed by atoms with Gasteiger partial charge in [-0.2, -0.15) is 0 Å². The lowest BCUT2D eigenvalue weighted by atomic mass is 10.2. The zero-order valence-corrected chi connectivity index (χ0v) is 15.8. The van der Waals surface area contributed by atoms with Crippen LogP contribution in [0.4, 0.5) is 5.69 Å². The number of thiazole rings is 1. The van der Waals surface area contributed by atoms with E-state index in [1.54, 1.807) is 12.1 Å². The van der Waals surface area contributed by atoms with Crippen molar-refractivity contribution in [2.24, 2.45) is 0 Å². The van der Waals surface area contributed by atoms with Gasteiger partial charge in [0.25, 0.3) is 5.91 Å². The molecule has 0 aliphatic carbocycles. The van der Waals surface area contributed by atoms with Gasteiger partial charge in [-0.1, -0.05) is 23.2 Å². The van der Waals surface area contributed by atoms with Crippen molar-refractivity contribution >= 4 is 28.8 Å². The summed E-state index contributed by atoms with van der Waals surface area (Å²) in [6, 6.07) is 11.0. The molecule has 2 amide bonds. The predicted octanol–water partition coefficient (Wildman–Crippen LogP) is 2.98. The van der Waals surface area contributed by atoms with Crippen LogP contribution in [-0.2, 0) is 4.79 Å². The van der Waals surface area contributed by atoms with E-state index in [4.69, 9.17) is 0 Å². The molecule has 136 valence electrons. The first-order chi connectivity index (χ1) is 13.0. The predicted molar refractivity (Wildman–Crippen MR) is 106 cm³/mol. The van der Waals surface area contributed by atoms with Gasteiger partial charge in [0.05, 0.1) is 12.2 Å². The molecule has 0 fully saturated rings. The number of aryl methyl sites for hydroxylation is 1. The smallest absolute Gasteiger partial charge is 0.264 e. The number of hydrogen-bond acceptors (Lipinski definition) is 4. The number of carbonyl (C=O) groups is 2. The molecule has 1 aromatic carbocycles. The normalized spacial score (nSPS) is 10.0. The monoisotopic (exact) mass is 378 g/mol. The molecule has 0 aliphatic rings. The Bertz CT molecular complexity index is 1010. The number of carbonyl (C=O) groups excluding carboxylic acids is 2. The van der Waals surface area contributed by atoms with Gasteiger partial charge in [0.2, 0.25) is 5.91 Å². The number of nitrogens with one attached hydrogen (secondary N) is 2. The summed E-state index contributed by atoms with van der Waals surface area (Å²) >= 11 is 1.34. The number of hydrogen-bond donors (Lipinski definition) is 2. The topological polar surface area (TPSA) is 76.0 Å². The third kappa shape index (κ3) is 4.84. The van der Waals surface area contributed by atoms with Crippen molar-refractivity contribution in [1.82, 2.24) is 14.9 Å². The molecule has 2 N–H and O–H groups in total. The number of anilines is 1. The average Bonchev–Trinajstić information content (AvgIpc) is 3.29. The van der Waals surface area contributed by atoms with Gasteiger partial charge >= 0.3 is 0 Å². The van der Waals surface area contributed by atoms with Crippen LogP contribution in [0.5, 0.6) is 0 Å². The van der Waals surface area contributed by atoms with E-state index in [2.05, 4.69) is 27.5 Å². The summed E-state index contributed by atoms with van der Waals surface area (Å²) in [6.07, 6.45) is 3.78. The Balaban J connectivity index is 1.57. The highest BCUT2D eigenvalue weighted by molar-refractivity contribution is 7.16. The summed E-state index contributed by atoms with van der Waals surface area (Å²) in [5.41, 5.74) is 2.23. The third-order valence-corrected chi connectivity index (χ3v) is 4.76. The molecule has 0 saturated heterocycles. The molecule has 0 saturated carbocycles. The summed E-state index contributed by atoms with van der Waals surface area (Å²) in [5, 5.41) is 6.25. The molecule has 0 bridgehead atoms. The Morgan fingerprint density at radius 3 is 2.56 bits per heavy atom. The van der Waals surface area contributed by atoms with Crippen LogP contribution in [0.15, 0.2) is 48.8 Å². The summed E-state index contributed by atoms with van der Waals surface area (Å²) in [7, 11) is 0. The number of benzene rings is 1. The lowest BCUT2D eigenvalue weighted by Crippen LogP contribution is -2.23. The summed E-state index contributed by atoms with van der Waals surface area (Å²) < 4.78 is 1.87.